The second-order valence-electron chi connectivity index (χ2n) is 7.07. The highest BCUT2D eigenvalue weighted by Gasteiger charge is 2.45. The van der Waals surface area contributed by atoms with Crippen molar-refractivity contribution in [1.82, 2.24) is 14.5 Å². The minimum Gasteiger partial charge on any atom is -0.366 e. The van der Waals surface area contributed by atoms with Crippen molar-refractivity contribution in [2.45, 2.75) is 39.8 Å². The first-order valence-electron chi connectivity index (χ1n) is 8.39. The molecule has 2 heterocycles. The molecule has 1 fully saturated rings. The highest BCUT2D eigenvalue weighted by atomic mass is 15.2. The zero-order valence-electron chi connectivity index (χ0n) is 14.5. The summed E-state index contributed by atoms with van der Waals surface area (Å²) in [6.07, 6.45) is 6.73. The summed E-state index contributed by atoms with van der Waals surface area (Å²) in [5.74, 6) is 1.84. The first kappa shape index (κ1) is 16.3. The number of nitriles is 1. The number of hydrogen-bond acceptors (Lipinski definition) is 5. The molecule has 0 aliphatic heterocycles. The molecule has 24 heavy (non-hydrogen) atoms. The van der Waals surface area contributed by atoms with Gasteiger partial charge in [-0.2, -0.15) is 10.2 Å². The fourth-order valence-electron chi connectivity index (χ4n) is 3.03. The Balaban J connectivity index is 1.66. The summed E-state index contributed by atoms with van der Waals surface area (Å²) < 4.78 is 2.09. The van der Waals surface area contributed by atoms with Crippen LogP contribution in [-0.2, 0) is 6.54 Å². The van der Waals surface area contributed by atoms with Gasteiger partial charge in [-0.1, -0.05) is 20.8 Å². The van der Waals surface area contributed by atoms with Gasteiger partial charge < -0.3 is 15.2 Å². The summed E-state index contributed by atoms with van der Waals surface area (Å²) in [6.45, 7) is 8.33. The lowest BCUT2D eigenvalue weighted by Crippen LogP contribution is -2.52. The van der Waals surface area contributed by atoms with Crippen molar-refractivity contribution in [3.63, 3.8) is 0 Å². The average Bonchev–Trinajstić information content (AvgIpc) is 3.08. The van der Waals surface area contributed by atoms with E-state index in [-0.39, 0.29) is 5.41 Å². The molecule has 2 N–H and O–H groups in total. The summed E-state index contributed by atoms with van der Waals surface area (Å²) >= 11 is 0. The predicted octanol–water partition coefficient (Wildman–Crippen LogP) is 3.11. The molecule has 0 unspecified atom stereocenters. The summed E-state index contributed by atoms with van der Waals surface area (Å²) in [7, 11) is 0. The lowest BCUT2D eigenvalue weighted by molar-refractivity contribution is 0.0654. The Labute approximate surface area is 142 Å². The van der Waals surface area contributed by atoms with Crippen LogP contribution >= 0.6 is 0 Å². The fourth-order valence-corrected chi connectivity index (χ4v) is 3.03. The van der Waals surface area contributed by atoms with Crippen LogP contribution in [0.25, 0.3) is 0 Å². The molecule has 1 aliphatic carbocycles. The second-order valence-corrected chi connectivity index (χ2v) is 7.07. The van der Waals surface area contributed by atoms with E-state index in [1.807, 2.05) is 24.5 Å². The quantitative estimate of drug-likeness (QED) is 0.853. The SMILES string of the molecule is C[C@H]1C[C@@H](Nc2nc(NCCn3cccc3)ncc2C#N)C1(C)C. The van der Waals surface area contributed by atoms with Crippen LogP contribution in [0.2, 0.25) is 0 Å². The maximum atomic E-state index is 9.30. The predicted molar refractivity (Wildman–Crippen MR) is 94.6 cm³/mol. The van der Waals surface area contributed by atoms with Crippen molar-refractivity contribution in [3.05, 3.63) is 36.3 Å². The van der Waals surface area contributed by atoms with E-state index in [0.29, 0.717) is 29.3 Å². The number of rotatable bonds is 6. The van der Waals surface area contributed by atoms with Crippen molar-refractivity contribution in [1.29, 1.82) is 5.26 Å². The van der Waals surface area contributed by atoms with Gasteiger partial charge in [-0.15, -0.1) is 0 Å². The van der Waals surface area contributed by atoms with Crippen LogP contribution in [0, 0.1) is 22.7 Å². The van der Waals surface area contributed by atoms with Crippen LogP contribution in [0.4, 0.5) is 11.8 Å². The molecule has 2 aromatic heterocycles. The van der Waals surface area contributed by atoms with Gasteiger partial charge >= 0.3 is 0 Å². The Hall–Kier alpha value is -2.55. The van der Waals surface area contributed by atoms with Crippen LogP contribution in [0.5, 0.6) is 0 Å². The van der Waals surface area contributed by atoms with Gasteiger partial charge in [-0.25, -0.2) is 4.98 Å². The van der Waals surface area contributed by atoms with Crippen molar-refractivity contribution in [2.75, 3.05) is 17.2 Å². The van der Waals surface area contributed by atoms with E-state index in [1.165, 1.54) is 0 Å². The Morgan fingerprint density at radius 1 is 1.38 bits per heavy atom. The molecule has 6 nitrogen and oxygen atoms in total. The van der Waals surface area contributed by atoms with Gasteiger partial charge in [0.05, 0.1) is 6.20 Å². The third-order valence-corrected chi connectivity index (χ3v) is 5.30. The van der Waals surface area contributed by atoms with E-state index >= 15 is 0 Å². The van der Waals surface area contributed by atoms with Crippen LogP contribution in [0.15, 0.2) is 30.7 Å². The normalized spacial score (nSPS) is 21.6. The van der Waals surface area contributed by atoms with Gasteiger partial charge in [-0.3, -0.25) is 0 Å². The number of nitrogens with zero attached hydrogens (tertiary/aromatic N) is 4. The second kappa shape index (κ2) is 6.52. The number of nitrogens with one attached hydrogen (secondary N) is 2. The molecule has 1 aliphatic rings. The maximum Gasteiger partial charge on any atom is 0.224 e. The zero-order chi connectivity index (χ0) is 17.2. The minimum atomic E-state index is 0.208. The number of aromatic nitrogens is 3. The van der Waals surface area contributed by atoms with E-state index in [0.717, 1.165) is 19.5 Å². The molecule has 2 atom stereocenters. The summed E-state index contributed by atoms with van der Waals surface area (Å²) in [5.41, 5.74) is 0.695. The molecule has 0 amide bonds. The van der Waals surface area contributed by atoms with E-state index < -0.39 is 0 Å². The van der Waals surface area contributed by atoms with Crippen molar-refractivity contribution < 1.29 is 0 Å². The molecule has 0 radical (unpaired) electrons. The van der Waals surface area contributed by atoms with Crippen LogP contribution in [-0.4, -0.2) is 27.1 Å². The van der Waals surface area contributed by atoms with E-state index in [2.05, 4.69) is 52.0 Å². The van der Waals surface area contributed by atoms with Gasteiger partial charge in [0.2, 0.25) is 5.95 Å². The van der Waals surface area contributed by atoms with Crippen LogP contribution in [0.3, 0.4) is 0 Å². The monoisotopic (exact) mass is 324 g/mol. The summed E-state index contributed by atoms with van der Waals surface area (Å²) in [5, 5.41) is 16.0. The standard InChI is InChI=1S/C18H24N6/c1-13-10-15(18(13,2)3)22-16-14(11-19)12-21-17(23-16)20-6-9-24-7-4-5-8-24/h4-5,7-8,12-13,15H,6,9-10H2,1-3H3,(H2,20,21,22,23)/t13-,15+/m0/s1. The largest absolute Gasteiger partial charge is 0.366 e. The maximum absolute atomic E-state index is 9.30. The van der Waals surface area contributed by atoms with Crippen LogP contribution in [0.1, 0.15) is 32.8 Å². The van der Waals surface area contributed by atoms with Gasteiger partial charge in [0.1, 0.15) is 17.5 Å². The number of anilines is 2. The molecule has 126 valence electrons. The van der Waals surface area contributed by atoms with Crippen molar-refractivity contribution >= 4 is 11.8 Å². The number of hydrogen-bond donors (Lipinski definition) is 2. The molecule has 2 aromatic rings. The van der Waals surface area contributed by atoms with Crippen LogP contribution < -0.4 is 10.6 Å². The Bertz CT molecular complexity index is 728. The summed E-state index contributed by atoms with van der Waals surface area (Å²) in [4.78, 5) is 8.75. The molecule has 1 saturated carbocycles. The first-order chi connectivity index (χ1) is 11.5. The molecular weight excluding hydrogens is 300 g/mol. The molecule has 0 bridgehead atoms. The smallest absolute Gasteiger partial charge is 0.224 e. The molecule has 6 heteroatoms. The third-order valence-electron chi connectivity index (χ3n) is 5.30. The third kappa shape index (κ3) is 3.21. The van der Waals surface area contributed by atoms with E-state index in [1.54, 1.807) is 6.20 Å². The highest BCUT2D eigenvalue weighted by molar-refractivity contribution is 5.54. The Morgan fingerprint density at radius 2 is 2.12 bits per heavy atom. The lowest BCUT2D eigenvalue weighted by Gasteiger charge is -2.51. The molecule has 0 saturated heterocycles. The average molecular weight is 324 g/mol. The topological polar surface area (TPSA) is 78.6 Å². The first-order valence-corrected chi connectivity index (χ1v) is 8.39. The van der Waals surface area contributed by atoms with Crippen molar-refractivity contribution in [2.24, 2.45) is 11.3 Å². The lowest BCUT2D eigenvalue weighted by atomic mass is 9.59. The Morgan fingerprint density at radius 3 is 2.75 bits per heavy atom. The van der Waals surface area contributed by atoms with Crippen molar-refractivity contribution in [3.8, 4) is 6.07 Å². The fraction of sp³-hybridized carbons (Fsp3) is 0.500. The Kier molecular flexibility index (Phi) is 4.43. The molecule has 0 spiro atoms. The van der Waals surface area contributed by atoms with Gasteiger partial charge in [0, 0.05) is 31.5 Å². The van der Waals surface area contributed by atoms with Gasteiger partial charge in [-0.05, 0) is 29.9 Å². The van der Waals surface area contributed by atoms with Gasteiger partial charge in [0.15, 0.2) is 0 Å². The highest BCUT2D eigenvalue weighted by Crippen LogP contribution is 2.47. The zero-order valence-corrected chi connectivity index (χ0v) is 14.5. The molecule has 3 rings (SSSR count). The van der Waals surface area contributed by atoms with E-state index in [9.17, 15) is 5.26 Å². The summed E-state index contributed by atoms with van der Waals surface area (Å²) in [6, 6.07) is 6.51. The molecule has 0 aromatic carbocycles. The minimum absolute atomic E-state index is 0.208. The molecular formula is C18H24N6. The van der Waals surface area contributed by atoms with Gasteiger partial charge in [0.25, 0.3) is 0 Å². The van der Waals surface area contributed by atoms with E-state index in [4.69, 9.17) is 0 Å².